The van der Waals surface area contributed by atoms with E-state index >= 15 is 0 Å². The van der Waals surface area contributed by atoms with Crippen LogP contribution in [0.1, 0.15) is 10.4 Å². The fourth-order valence-corrected chi connectivity index (χ4v) is 2.33. The van der Waals surface area contributed by atoms with Gasteiger partial charge in [-0.05, 0) is 24.3 Å². The van der Waals surface area contributed by atoms with Gasteiger partial charge in [-0.3, -0.25) is 0 Å². The molecule has 0 amide bonds. The molecule has 0 saturated heterocycles. The Morgan fingerprint density at radius 2 is 1.89 bits per heavy atom. The van der Waals surface area contributed by atoms with Crippen LogP contribution in [0.5, 0.6) is 0 Å². The summed E-state index contributed by atoms with van der Waals surface area (Å²) >= 11 is 1.16. The van der Waals surface area contributed by atoms with Gasteiger partial charge >= 0.3 is 5.97 Å². The van der Waals surface area contributed by atoms with Gasteiger partial charge in [-0.15, -0.1) is 0 Å². The van der Waals surface area contributed by atoms with E-state index in [4.69, 9.17) is 10.8 Å². The number of hydrogen-bond acceptors (Lipinski definition) is 3. The summed E-state index contributed by atoms with van der Waals surface area (Å²) in [5.41, 5.74) is 5.29. The van der Waals surface area contributed by atoms with Crippen LogP contribution in [-0.2, 0) is 0 Å². The Bertz CT molecular complexity index is 587. The van der Waals surface area contributed by atoms with Gasteiger partial charge in [-0.25, -0.2) is 9.18 Å². The van der Waals surface area contributed by atoms with Crippen molar-refractivity contribution in [2.75, 3.05) is 5.73 Å². The number of rotatable bonds is 3. The van der Waals surface area contributed by atoms with Crippen molar-refractivity contribution >= 4 is 23.4 Å². The zero-order chi connectivity index (χ0) is 13.1. The van der Waals surface area contributed by atoms with E-state index in [1.54, 1.807) is 0 Å². The molecule has 18 heavy (non-hydrogen) atoms. The summed E-state index contributed by atoms with van der Waals surface area (Å²) in [6.07, 6.45) is 0. The first kappa shape index (κ1) is 12.4. The Hall–Kier alpha value is -2.01. The van der Waals surface area contributed by atoms with Gasteiger partial charge in [0.15, 0.2) is 0 Å². The van der Waals surface area contributed by atoms with Gasteiger partial charge in [0.05, 0.1) is 5.56 Å². The van der Waals surface area contributed by atoms with E-state index in [0.29, 0.717) is 0 Å². The van der Waals surface area contributed by atoms with Crippen molar-refractivity contribution in [2.45, 2.75) is 9.79 Å². The summed E-state index contributed by atoms with van der Waals surface area (Å²) < 4.78 is 13.7. The third kappa shape index (κ3) is 2.62. The number of carbonyl (C=O) groups is 1. The molecule has 0 heterocycles. The Balaban J connectivity index is 2.39. The van der Waals surface area contributed by atoms with Crippen LogP contribution >= 0.6 is 11.8 Å². The molecule has 0 unspecified atom stereocenters. The molecular formula is C13H10FNO2S. The van der Waals surface area contributed by atoms with Gasteiger partial charge in [-0.2, -0.15) is 0 Å². The number of carboxylic acids is 1. The van der Waals surface area contributed by atoms with Gasteiger partial charge < -0.3 is 10.8 Å². The quantitative estimate of drug-likeness (QED) is 0.834. The zero-order valence-corrected chi connectivity index (χ0v) is 10.1. The number of anilines is 1. The van der Waals surface area contributed by atoms with E-state index in [-0.39, 0.29) is 16.1 Å². The highest BCUT2D eigenvalue weighted by molar-refractivity contribution is 7.99. The third-order valence-corrected chi connectivity index (χ3v) is 3.35. The van der Waals surface area contributed by atoms with Gasteiger partial charge in [0.1, 0.15) is 5.82 Å². The molecule has 3 nitrogen and oxygen atoms in total. The van der Waals surface area contributed by atoms with E-state index in [0.717, 1.165) is 22.7 Å². The summed E-state index contributed by atoms with van der Waals surface area (Å²) in [7, 11) is 0. The first-order valence-electron chi connectivity index (χ1n) is 5.13. The summed E-state index contributed by atoms with van der Waals surface area (Å²) in [6.45, 7) is 0. The second-order valence-electron chi connectivity index (χ2n) is 3.59. The molecule has 0 saturated carbocycles. The lowest BCUT2D eigenvalue weighted by Crippen LogP contribution is -2.03. The van der Waals surface area contributed by atoms with Crippen molar-refractivity contribution in [3.63, 3.8) is 0 Å². The van der Waals surface area contributed by atoms with Crippen molar-refractivity contribution in [3.8, 4) is 0 Å². The van der Waals surface area contributed by atoms with Crippen molar-refractivity contribution in [2.24, 2.45) is 0 Å². The average molecular weight is 263 g/mol. The number of carboxylic acid groups (broad SMARTS) is 1. The van der Waals surface area contributed by atoms with Crippen molar-refractivity contribution in [3.05, 3.63) is 53.8 Å². The number of nitrogen functional groups attached to an aromatic ring is 1. The predicted molar refractivity (Wildman–Crippen MR) is 68.3 cm³/mol. The van der Waals surface area contributed by atoms with Crippen LogP contribution in [0, 0.1) is 5.82 Å². The standard InChI is InChI=1S/C13H10FNO2S/c14-10-7-11(15)9(13(16)17)6-12(10)18-8-4-2-1-3-5-8/h1-7H,15H2,(H,16,17). The molecule has 92 valence electrons. The second-order valence-corrected chi connectivity index (χ2v) is 4.71. The molecule has 2 aromatic rings. The molecule has 0 fully saturated rings. The summed E-state index contributed by atoms with van der Waals surface area (Å²) in [6, 6.07) is 11.4. The Kier molecular flexibility index (Phi) is 3.53. The lowest BCUT2D eigenvalue weighted by molar-refractivity contribution is 0.0697. The van der Waals surface area contributed by atoms with Crippen molar-refractivity contribution < 1.29 is 14.3 Å². The first-order valence-corrected chi connectivity index (χ1v) is 5.95. The van der Waals surface area contributed by atoms with Gasteiger partial charge in [-0.1, -0.05) is 30.0 Å². The van der Waals surface area contributed by atoms with Crippen LogP contribution in [0.15, 0.2) is 52.3 Å². The van der Waals surface area contributed by atoms with E-state index in [2.05, 4.69) is 0 Å². The monoisotopic (exact) mass is 263 g/mol. The molecule has 3 N–H and O–H groups in total. The van der Waals surface area contributed by atoms with Crippen LogP contribution < -0.4 is 5.73 Å². The molecule has 0 aromatic heterocycles. The van der Waals surface area contributed by atoms with Crippen LogP contribution in [0.3, 0.4) is 0 Å². The van der Waals surface area contributed by atoms with Crippen LogP contribution in [0.2, 0.25) is 0 Å². The maximum absolute atomic E-state index is 13.7. The normalized spacial score (nSPS) is 10.3. The molecule has 5 heteroatoms. The minimum absolute atomic E-state index is 0.0718. The lowest BCUT2D eigenvalue weighted by Gasteiger charge is -2.07. The third-order valence-electron chi connectivity index (χ3n) is 2.31. The van der Waals surface area contributed by atoms with E-state index in [1.807, 2.05) is 30.3 Å². The summed E-state index contributed by atoms with van der Waals surface area (Å²) in [5, 5.41) is 8.94. The largest absolute Gasteiger partial charge is 0.478 e. The Morgan fingerprint density at radius 1 is 1.22 bits per heavy atom. The number of halogens is 1. The Morgan fingerprint density at radius 3 is 2.50 bits per heavy atom. The zero-order valence-electron chi connectivity index (χ0n) is 9.26. The average Bonchev–Trinajstić information content (AvgIpc) is 2.33. The van der Waals surface area contributed by atoms with E-state index in [1.165, 1.54) is 6.07 Å². The number of benzene rings is 2. The SMILES string of the molecule is Nc1cc(F)c(Sc2ccccc2)cc1C(=O)O. The summed E-state index contributed by atoms with van der Waals surface area (Å²) in [5.74, 6) is -1.69. The molecule has 0 aliphatic rings. The molecule has 0 bridgehead atoms. The predicted octanol–water partition coefficient (Wildman–Crippen LogP) is 3.26. The number of hydrogen-bond donors (Lipinski definition) is 2. The molecular weight excluding hydrogens is 253 g/mol. The van der Waals surface area contributed by atoms with Crippen molar-refractivity contribution in [1.82, 2.24) is 0 Å². The molecule has 2 rings (SSSR count). The van der Waals surface area contributed by atoms with Gasteiger partial charge in [0.2, 0.25) is 0 Å². The highest BCUT2D eigenvalue weighted by atomic mass is 32.2. The minimum Gasteiger partial charge on any atom is -0.478 e. The Labute approximate surface area is 107 Å². The maximum atomic E-state index is 13.7. The van der Waals surface area contributed by atoms with E-state index in [9.17, 15) is 9.18 Å². The molecule has 0 aliphatic carbocycles. The molecule has 0 aliphatic heterocycles. The molecule has 0 radical (unpaired) electrons. The molecule has 0 atom stereocenters. The van der Waals surface area contributed by atoms with Crippen LogP contribution in [-0.4, -0.2) is 11.1 Å². The van der Waals surface area contributed by atoms with Crippen LogP contribution in [0.25, 0.3) is 0 Å². The van der Waals surface area contributed by atoms with Gasteiger partial charge in [0, 0.05) is 15.5 Å². The topological polar surface area (TPSA) is 63.3 Å². The number of aromatic carboxylic acids is 1. The minimum atomic E-state index is -1.16. The first-order chi connectivity index (χ1) is 8.58. The highest BCUT2D eigenvalue weighted by Crippen LogP contribution is 2.32. The van der Waals surface area contributed by atoms with Crippen molar-refractivity contribution in [1.29, 1.82) is 0 Å². The fourth-order valence-electron chi connectivity index (χ4n) is 1.45. The molecule has 2 aromatic carbocycles. The smallest absolute Gasteiger partial charge is 0.337 e. The number of nitrogens with two attached hydrogens (primary N) is 1. The van der Waals surface area contributed by atoms with E-state index < -0.39 is 11.8 Å². The van der Waals surface area contributed by atoms with Crippen LogP contribution in [0.4, 0.5) is 10.1 Å². The molecule has 0 spiro atoms. The van der Waals surface area contributed by atoms with Gasteiger partial charge in [0.25, 0.3) is 0 Å². The highest BCUT2D eigenvalue weighted by Gasteiger charge is 2.13. The fraction of sp³-hybridized carbons (Fsp3) is 0. The maximum Gasteiger partial charge on any atom is 0.337 e. The second kappa shape index (κ2) is 5.10. The summed E-state index contributed by atoms with van der Waals surface area (Å²) in [4.78, 5) is 12.0. The lowest BCUT2D eigenvalue weighted by atomic mass is 10.2.